The van der Waals surface area contributed by atoms with Crippen LogP contribution in [-0.4, -0.2) is 29.9 Å². The van der Waals surface area contributed by atoms with Crippen LogP contribution in [0.15, 0.2) is 48.5 Å². The van der Waals surface area contributed by atoms with Crippen LogP contribution >= 0.6 is 0 Å². The Morgan fingerprint density at radius 1 is 1.15 bits per heavy atom. The number of benzene rings is 2. The van der Waals surface area contributed by atoms with E-state index in [4.69, 9.17) is 10.5 Å². The van der Waals surface area contributed by atoms with Crippen LogP contribution in [0.5, 0.6) is 0 Å². The van der Waals surface area contributed by atoms with Crippen molar-refractivity contribution in [2.75, 3.05) is 18.9 Å². The van der Waals surface area contributed by atoms with Gasteiger partial charge in [0.15, 0.2) is 0 Å². The van der Waals surface area contributed by atoms with Gasteiger partial charge in [-0.25, -0.2) is 0 Å². The van der Waals surface area contributed by atoms with Crippen molar-refractivity contribution in [3.8, 4) is 0 Å². The van der Waals surface area contributed by atoms with Crippen LogP contribution in [0, 0.1) is 12.8 Å². The maximum atomic E-state index is 13.3. The standard InChI is InChI=1S/C22H26N2O3/c1-3-27-22(26)19-9-6-14-24(20(19)16-10-12-17(23)13-11-16)21(25)18-8-5-4-7-15(18)2/h4-5,7-8,10-13,19-20H,3,6,9,14,23H2,1-2H3/t19-,20-/m0/s1. The molecular formula is C22H26N2O3. The largest absolute Gasteiger partial charge is 0.466 e. The van der Waals surface area contributed by atoms with Crippen LogP contribution in [0.3, 0.4) is 0 Å². The summed E-state index contributed by atoms with van der Waals surface area (Å²) in [6.07, 6.45) is 1.47. The van der Waals surface area contributed by atoms with E-state index in [1.807, 2.05) is 60.4 Å². The summed E-state index contributed by atoms with van der Waals surface area (Å²) in [5, 5.41) is 0. The van der Waals surface area contributed by atoms with E-state index in [-0.39, 0.29) is 23.8 Å². The Morgan fingerprint density at radius 3 is 2.52 bits per heavy atom. The monoisotopic (exact) mass is 366 g/mol. The Hall–Kier alpha value is -2.82. The van der Waals surface area contributed by atoms with Gasteiger partial charge >= 0.3 is 5.97 Å². The molecule has 2 aromatic rings. The van der Waals surface area contributed by atoms with Crippen molar-refractivity contribution in [2.45, 2.75) is 32.7 Å². The third-order valence-electron chi connectivity index (χ3n) is 5.13. The number of likely N-dealkylation sites (tertiary alicyclic amines) is 1. The molecule has 1 aliphatic rings. The molecule has 2 N–H and O–H groups in total. The van der Waals surface area contributed by atoms with Gasteiger partial charge in [0.2, 0.25) is 0 Å². The number of carbonyl (C=O) groups excluding carboxylic acids is 2. The highest BCUT2D eigenvalue weighted by molar-refractivity contribution is 5.96. The topological polar surface area (TPSA) is 72.6 Å². The van der Waals surface area contributed by atoms with Gasteiger partial charge in [0.1, 0.15) is 0 Å². The van der Waals surface area contributed by atoms with Gasteiger partial charge in [-0.2, -0.15) is 0 Å². The highest BCUT2D eigenvalue weighted by Crippen LogP contribution is 2.38. The second-order valence-corrected chi connectivity index (χ2v) is 6.93. The number of rotatable bonds is 4. The van der Waals surface area contributed by atoms with Crippen LogP contribution < -0.4 is 5.73 Å². The number of aryl methyl sites for hydroxylation is 1. The van der Waals surface area contributed by atoms with Crippen LogP contribution in [0.2, 0.25) is 0 Å². The van der Waals surface area contributed by atoms with E-state index in [1.54, 1.807) is 6.92 Å². The summed E-state index contributed by atoms with van der Waals surface area (Å²) in [4.78, 5) is 27.8. The van der Waals surface area contributed by atoms with E-state index >= 15 is 0 Å². The number of hydrogen-bond acceptors (Lipinski definition) is 4. The van der Waals surface area contributed by atoms with Gasteiger partial charge < -0.3 is 15.4 Å². The molecule has 0 aromatic heterocycles. The van der Waals surface area contributed by atoms with E-state index in [1.165, 1.54) is 0 Å². The molecule has 0 aliphatic carbocycles. The summed E-state index contributed by atoms with van der Waals surface area (Å²) in [5.74, 6) is -0.680. The number of ether oxygens (including phenoxy) is 1. The van der Waals surface area contributed by atoms with Crippen molar-refractivity contribution in [3.05, 3.63) is 65.2 Å². The molecule has 2 aromatic carbocycles. The van der Waals surface area contributed by atoms with E-state index in [0.717, 1.165) is 17.5 Å². The smallest absolute Gasteiger partial charge is 0.311 e. The Balaban J connectivity index is 2.01. The lowest BCUT2D eigenvalue weighted by Gasteiger charge is -2.40. The Kier molecular flexibility index (Phi) is 5.79. The maximum Gasteiger partial charge on any atom is 0.311 e. The van der Waals surface area contributed by atoms with Crippen LogP contribution in [0.4, 0.5) is 5.69 Å². The predicted molar refractivity (Wildman–Crippen MR) is 105 cm³/mol. The fourth-order valence-corrected chi connectivity index (χ4v) is 3.79. The lowest BCUT2D eigenvalue weighted by atomic mass is 9.84. The molecule has 0 radical (unpaired) electrons. The highest BCUT2D eigenvalue weighted by atomic mass is 16.5. The summed E-state index contributed by atoms with van der Waals surface area (Å²) in [5.41, 5.74) is 8.99. The van der Waals surface area contributed by atoms with Gasteiger partial charge in [0.05, 0.1) is 18.6 Å². The quantitative estimate of drug-likeness (QED) is 0.661. The normalized spacial score (nSPS) is 19.6. The minimum atomic E-state index is -0.379. The average Bonchev–Trinajstić information content (AvgIpc) is 2.68. The summed E-state index contributed by atoms with van der Waals surface area (Å²) < 4.78 is 5.31. The third kappa shape index (κ3) is 3.97. The van der Waals surface area contributed by atoms with E-state index in [9.17, 15) is 9.59 Å². The average molecular weight is 366 g/mol. The first kappa shape index (κ1) is 19.0. The van der Waals surface area contributed by atoms with Gasteiger partial charge in [-0.3, -0.25) is 9.59 Å². The number of nitrogens with two attached hydrogens (primary N) is 1. The molecule has 1 fully saturated rings. The zero-order valence-electron chi connectivity index (χ0n) is 15.9. The summed E-state index contributed by atoms with van der Waals surface area (Å²) >= 11 is 0. The van der Waals surface area contributed by atoms with Crippen molar-refractivity contribution in [2.24, 2.45) is 5.92 Å². The molecule has 5 heteroatoms. The first-order chi connectivity index (χ1) is 13.0. The van der Waals surface area contributed by atoms with Crippen molar-refractivity contribution >= 4 is 17.6 Å². The van der Waals surface area contributed by atoms with Crippen molar-refractivity contribution in [1.29, 1.82) is 0 Å². The van der Waals surface area contributed by atoms with E-state index in [0.29, 0.717) is 30.8 Å². The second kappa shape index (κ2) is 8.25. The van der Waals surface area contributed by atoms with Crippen molar-refractivity contribution in [1.82, 2.24) is 4.90 Å². The molecule has 142 valence electrons. The van der Waals surface area contributed by atoms with Gasteiger partial charge in [-0.1, -0.05) is 30.3 Å². The molecular weight excluding hydrogens is 340 g/mol. The summed E-state index contributed by atoms with van der Waals surface area (Å²) in [7, 11) is 0. The number of hydrogen-bond donors (Lipinski definition) is 1. The van der Waals surface area contributed by atoms with Crippen LogP contribution in [-0.2, 0) is 9.53 Å². The Labute approximate surface area is 160 Å². The molecule has 1 heterocycles. The fourth-order valence-electron chi connectivity index (χ4n) is 3.79. The molecule has 3 rings (SSSR count). The molecule has 0 unspecified atom stereocenters. The van der Waals surface area contributed by atoms with Crippen LogP contribution in [0.25, 0.3) is 0 Å². The molecule has 0 spiro atoms. The first-order valence-electron chi connectivity index (χ1n) is 9.41. The number of piperidine rings is 1. The lowest BCUT2D eigenvalue weighted by molar-refractivity contribution is -0.151. The Bertz CT molecular complexity index is 817. The van der Waals surface area contributed by atoms with Crippen molar-refractivity contribution in [3.63, 3.8) is 0 Å². The van der Waals surface area contributed by atoms with Gasteiger partial charge in [0.25, 0.3) is 5.91 Å². The SMILES string of the molecule is CCOC(=O)[C@H]1CCCN(C(=O)c2ccccc2C)[C@H]1c1ccc(N)cc1. The van der Waals surface area contributed by atoms with Gasteiger partial charge in [0, 0.05) is 17.8 Å². The first-order valence-corrected chi connectivity index (χ1v) is 9.41. The van der Waals surface area contributed by atoms with E-state index in [2.05, 4.69) is 0 Å². The van der Waals surface area contributed by atoms with Gasteiger partial charge in [-0.15, -0.1) is 0 Å². The molecule has 0 bridgehead atoms. The third-order valence-corrected chi connectivity index (χ3v) is 5.13. The molecule has 0 saturated carbocycles. The zero-order chi connectivity index (χ0) is 19.4. The molecule has 1 aliphatic heterocycles. The zero-order valence-corrected chi connectivity index (χ0v) is 15.9. The fraction of sp³-hybridized carbons (Fsp3) is 0.364. The molecule has 1 amide bonds. The molecule has 2 atom stereocenters. The van der Waals surface area contributed by atoms with Gasteiger partial charge in [-0.05, 0) is 56.0 Å². The Morgan fingerprint density at radius 2 is 1.85 bits per heavy atom. The number of amides is 1. The highest BCUT2D eigenvalue weighted by Gasteiger charge is 2.40. The molecule has 27 heavy (non-hydrogen) atoms. The van der Waals surface area contributed by atoms with E-state index < -0.39 is 0 Å². The minimum Gasteiger partial charge on any atom is -0.466 e. The number of nitrogens with zero attached hydrogens (tertiary/aromatic N) is 1. The van der Waals surface area contributed by atoms with Crippen LogP contribution in [0.1, 0.15) is 47.3 Å². The number of carbonyl (C=O) groups is 2. The predicted octanol–water partition coefficient (Wildman–Crippen LogP) is 3.73. The van der Waals surface area contributed by atoms with Crippen molar-refractivity contribution < 1.29 is 14.3 Å². The number of anilines is 1. The summed E-state index contributed by atoms with van der Waals surface area (Å²) in [6, 6.07) is 14.6. The maximum absolute atomic E-state index is 13.3. The summed E-state index contributed by atoms with van der Waals surface area (Å²) in [6.45, 7) is 4.67. The second-order valence-electron chi connectivity index (χ2n) is 6.93. The molecule has 5 nitrogen and oxygen atoms in total. The molecule has 1 saturated heterocycles. The number of nitrogen functional groups attached to an aromatic ring is 1. The minimum absolute atomic E-state index is 0.0519. The lowest BCUT2D eigenvalue weighted by Crippen LogP contribution is -2.45. The number of esters is 1.